The van der Waals surface area contributed by atoms with Crippen molar-refractivity contribution in [3.8, 4) is 11.5 Å². The summed E-state index contributed by atoms with van der Waals surface area (Å²) in [6.07, 6.45) is 0. The van der Waals surface area contributed by atoms with Gasteiger partial charge in [0.1, 0.15) is 23.9 Å². The first kappa shape index (κ1) is 12.0. The number of amides is 1. The largest absolute Gasteiger partial charge is 0.485 e. The Morgan fingerprint density at radius 1 is 1.53 bits per heavy atom. The highest BCUT2D eigenvalue weighted by Crippen LogP contribution is 2.39. The maximum Gasteiger partial charge on any atom is 0.265 e. The van der Waals surface area contributed by atoms with Crippen LogP contribution in [-0.2, 0) is 6.54 Å². The summed E-state index contributed by atoms with van der Waals surface area (Å²) in [5.74, 6) is 2.22. The van der Waals surface area contributed by atoms with Crippen molar-refractivity contribution in [1.29, 1.82) is 0 Å². The monoisotopic (exact) mass is 280 g/mol. The van der Waals surface area contributed by atoms with E-state index >= 15 is 0 Å². The molecule has 7 nitrogen and oxygen atoms in total. The summed E-state index contributed by atoms with van der Waals surface area (Å²) in [7, 11) is 0. The Morgan fingerprint density at radius 3 is 3.16 bits per heavy atom. The van der Waals surface area contributed by atoms with Gasteiger partial charge in [-0.25, -0.2) is 4.98 Å². The molecular weight excluding hydrogens is 268 g/mol. The number of hydrogen-bond acceptors (Lipinski definition) is 6. The van der Waals surface area contributed by atoms with Gasteiger partial charge < -0.3 is 14.8 Å². The van der Waals surface area contributed by atoms with Crippen LogP contribution >= 0.6 is 11.3 Å². The maximum absolute atomic E-state index is 12.1. The first-order valence-electron chi connectivity index (χ1n) is 5.77. The Kier molecular flexibility index (Phi) is 3.08. The molecule has 1 aliphatic rings. The van der Waals surface area contributed by atoms with Gasteiger partial charge in [0.25, 0.3) is 5.91 Å². The molecule has 0 saturated heterocycles. The van der Waals surface area contributed by atoms with E-state index in [-0.39, 0.29) is 12.5 Å². The maximum atomic E-state index is 12.1. The van der Waals surface area contributed by atoms with Crippen molar-refractivity contribution in [3.63, 3.8) is 0 Å². The number of fused-ring (bicyclic) bond motifs is 1. The predicted molar refractivity (Wildman–Crippen MR) is 67.6 cm³/mol. The molecular formula is C11H12N4O3S. The highest BCUT2D eigenvalue weighted by atomic mass is 32.1. The van der Waals surface area contributed by atoms with Crippen LogP contribution in [0, 0.1) is 6.92 Å². The third kappa shape index (κ3) is 2.39. The molecule has 19 heavy (non-hydrogen) atoms. The molecule has 100 valence electrons. The quantitative estimate of drug-likeness (QED) is 0.871. The Hall–Kier alpha value is -2.09. The Balaban J connectivity index is 1.69. The molecule has 0 spiro atoms. The molecule has 0 atom stereocenters. The summed E-state index contributed by atoms with van der Waals surface area (Å²) in [6.45, 7) is 3.06. The summed E-state index contributed by atoms with van der Waals surface area (Å²) in [5.41, 5.74) is 0. The summed E-state index contributed by atoms with van der Waals surface area (Å²) < 4.78 is 10.9. The second-order valence-electron chi connectivity index (χ2n) is 3.97. The van der Waals surface area contributed by atoms with Crippen LogP contribution in [-0.4, -0.2) is 34.3 Å². The zero-order chi connectivity index (χ0) is 13.2. The van der Waals surface area contributed by atoms with Crippen LogP contribution in [0.25, 0.3) is 0 Å². The molecule has 2 aromatic rings. The molecule has 2 N–H and O–H groups in total. The molecule has 3 heterocycles. The van der Waals surface area contributed by atoms with Crippen molar-refractivity contribution in [2.45, 2.75) is 13.5 Å². The van der Waals surface area contributed by atoms with Crippen molar-refractivity contribution in [2.24, 2.45) is 0 Å². The molecule has 3 rings (SSSR count). The molecule has 8 heteroatoms. The number of carbonyl (C=O) groups is 1. The number of thiophene rings is 1. The average Bonchev–Trinajstić information content (AvgIpc) is 3.02. The van der Waals surface area contributed by atoms with Crippen molar-refractivity contribution < 1.29 is 14.3 Å². The number of ether oxygens (including phenoxy) is 2. The van der Waals surface area contributed by atoms with E-state index in [1.54, 1.807) is 12.3 Å². The lowest BCUT2D eigenvalue weighted by Crippen LogP contribution is -2.24. The topological polar surface area (TPSA) is 89.1 Å². The summed E-state index contributed by atoms with van der Waals surface area (Å²) >= 11 is 1.30. The minimum atomic E-state index is -0.209. The highest BCUT2D eigenvalue weighted by molar-refractivity contribution is 7.12. The van der Waals surface area contributed by atoms with Gasteiger partial charge in [-0.2, -0.15) is 5.10 Å². The minimum absolute atomic E-state index is 0.209. The van der Waals surface area contributed by atoms with E-state index in [9.17, 15) is 4.79 Å². The molecule has 0 fully saturated rings. The van der Waals surface area contributed by atoms with Crippen LogP contribution in [0.5, 0.6) is 11.5 Å². The van der Waals surface area contributed by atoms with Gasteiger partial charge in [-0.3, -0.25) is 9.89 Å². The second-order valence-corrected chi connectivity index (χ2v) is 4.85. The van der Waals surface area contributed by atoms with Crippen molar-refractivity contribution in [1.82, 2.24) is 20.5 Å². The van der Waals surface area contributed by atoms with Crippen LogP contribution < -0.4 is 14.8 Å². The number of nitrogens with one attached hydrogen (secondary N) is 2. The van der Waals surface area contributed by atoms with Crippen molar-refractivity contribution in [3.05, 3.63) is 21.9 Å². The number of H-pyrrole nitrogens is 1. The molecule has 0 aliphatic carbocycles. The van der Waals surface area contributed by atoms with Gasteiger partial charge in [-0.15, -0.1) is 11.3 Å². The lowest BCUT2D eigenvalue weighted by atomic mass is 10.3. The number of aromatic nitrogens is 3. The Labute approximate surface area is 113 Å². The fourth-order valence-corrected chi connectivity index (χ4v) is 2.57. The fourth-order valence-electron chi connectivity index (χ4n) is 1.73. The zero-order valence-electron chi connectivity index (χ0n) is 10.2. The third-order valence-electron chi connectivity index (χ3n) is 2.56. The molecule has 0 aromatic carbocycles. The number of aromatic amines is 1. The Morgan fingerprint density at radius 2 is 2.37 bits per heavy atom. The van der Waals surface area contributed by atoms with Gasteiger partial charge in [0.2, 0.25) is 0 Å². The van der Waals surface area contributed by atoms with E-state index in [4.69, 9.17) is 9.47 Å². The first-order chi connectivity index (χ1) is 9.24. The average molecular weight is 280 g/mol. The summed E-state index contributed by atoms with van der Waals surface area (Å²) in [6, 6.07) is 0. The van der Waals surface area contributed by atoms with Gasteiger partial charge >= 0.3 is 0 Å². The van der Waals surface area contributed by atoms with Gasteiger partial charge in [0.05, 0.1) is 6.54 Å². The predicted octanol–water partition coefficient (Wildman–Crippen LogP) is 0.876. The molecule has 0 bridgehead atoms. The number of hydrogen-bond donors (Lipinski definition) is 2. The molecule has 0 saturated carbocycles. The van der Waals surface area contributed by atoms with E-state index in [0.29, 0.717) is 35.4 Å². The number of carbonyl (C=O) groups excluding carboxylic acids is 1. The Bertz CT molecular complexity index is 607. The van der Waals surface area contributed by atoms with E-state index in [1.165, 1.54) is 11.3 Å². The first-order valence-corrected chi connectivity index (χ1v) is 6.65. The highest BCUT2D eigenvalue weighted by Gasteiger charge is 2.23. The number of rotatable bonds is 3. The van der Waals surface area contributed by atoms with Gasteiger partial charge in [0.15, 0.2) is 17.3 Å². The van der Waals surface area contributed by atoms with E-state index in [1.807, 2.05) is 0 Å². The molecule has 1 aliphatic heterocycles. The number of nitrogens with zero attached hydrogens (tertiary/aromatic N) is 2. The van der Waals surface area contributed by atoms with Gasteiger partial charge in [0, 0.05) is 5.38 Å². The summed E-state index contributed by atoms with van der Waals surface area (Å²) in [5, 5.41) is 11.2. The fraction of sp³-hybridized carbons (Fsp3) is 0.364. The lowest BCUT2D eigenvalue weighted by molar-refractivity contribution is 0.0945. The van der Waals surface area contributed by atoms with E-state index < -0.39 is 0 Å². The number of aryl methyl sites for hydroxylation is 1. The van der Waals surface area contributed by atoms with Crippen LogP contribution in [0.4, 0.5) is 0 Å². The second kappa shape index (κ2) is 4.88. The lowest BCUT2D eigenvalue weighted by Gasteiger charge is -2.15. The van der Waals surface area contributed by atoms with E-state index in [2.05, 4.69) is 20.5 Å². The normalized spacial score (nSPS) is 13.3. The minimum Gasteiger partial charge on any atom is -0.485 e. The smallest absolute Gasteiger partial charge is 0.265 e. The van der Waals surface area contributed by atoms with Crippen molar-refractivity contribution >= 4 is 17.2 Å². The SMILES string of the molecule is Cc1nc(CNC(=O)c2scc3c2OCCO3)n[nH]1. The van der Waals surface area contributed by atoms with Crippen LogP contribution in [0.1, 0.15) is 21.3 Å². The van der Waals surface area contributed by atoms with E-state index in [0.717, 1.165) is 5.82 Å². The van der Waals surface area contributed by atoms with Crippen molar-refractivity contribution in [2.75, 3.05) is 13.2 Å². The standard InChI is InChI=1S/C11H12N4O3S/c1-6-13-8(15-14-6)4-12-11(16)10-9-7(5-19-10)17-2-3-18-9/h5H,2-4H2,1H3,(H,12,16)(H,13,14,15). The third-order valence-corrected chi connectivity index (χ3v) is 3.50. The molecule has 1 amide bonds. The zero-order valence-corrected chi connectivity index (χ0v) is 11.0. The van der Waals surface area contributed by atoms with Crippen LogP contribution in [0.15, 0.2) is 5.38 Å². The molecule has 0 radical (unpaired) electrons. The van der Waals surface area contributed by atoms with Crippen LogP contribution in [0.2, 0.25) is 0 Å². The van der Waals surface area contributed by atoms with Gasteiger partial charge in [-0.05, 0) is 6.92 Å². The molecule has 2 aromatic heterocycles. The van der Waals surface area contributed by atoms with Crippen LogP contribution in [0.3, 0.4) is 0 Å². The summed E-state index contributed by atoms with van der Waals surface area (Å²) in [4.78, 5) is 16.7. The van der Waals surface area contributed by atoms with Gasteiger partial charge in [-0.1, -0.05) is 0 Å². The molecule has 0 unspecified atom stereocenters.